The van der Waals surface area contributed by atoms with Crippen LogP contribution in [0.4, 0.5) is 5.95 Å². The van der Waals surface area contributed by atoms with Crippen LogP contribution >= 0.6 is 0 Å². The highest BCUT2D eigenvalue weighted by Gasteiger charge is 2.36. The minimum absolute atomic E-state index is 0.0107. The molecule has 1 amide bonds. The summed E-state index contributed by atoms with van der Waals surface area (Å²) in [5.41, 5.74) is 2.25. The first kappa shape index (κ1) is 21.0. The van der Waals surface area contributed by atoms with Crippen molar-refractivity contribution in [2.45, 2.75) is 85.5 Å². The lowest BCUT2D eigenvalue weighted by molar-refractivity contribution is -0.126. The number of rotatable bonds is 5. The van der Waals surface area contributed by atoms with E-state index in [2.05, 4.69) is 56.7 Å². The molecule has 1 saturated heterocycles. The lowest BCUT2D eigenvalue weighted by Gasteiger charge is -2.39. The van der Waals surface area contributed by atoms with Crippen molar-refractivity contribution in [2.24, 2.45) is 11.3 Å². The summed E-state index contributed by atoms with van der Waals surface area (Å²) < 4.78 is 5.84. The van der Waals surface area contributed by atoms with E-state index in [0.29, 0.717) is 0 Å². The van der Waals surface area contributed by atoms with E-state index < -0.39 is 0 Å². The van der Waals surface area contributed by atoms with Crippen molar-refractivity contribution in [3.05, 3.63) is 17.5 Å². The van der Waals surface area contributed by atoms with Crippen LogP contribution in [-0.2, 0) is 16.0 Å². The van der Waals surface area contributed by atoms with E-state index in [-0.39, 0.29) is 35.5 Å². The minimum Gasteiger partial charge on any atom is -0.372 e. The number of nitrogens with zero attached hydrogens (tertiary/aromatic N) is 3. The zero-order valence-corrected chi connectivity index (χ0v) is 18.3. The van der Waals surface area contributed by atoms with E-state index in [0.717, 1.165) is 56.0 Å². The Balaban J connectivity index is 1.85. The molecular formula is C22H36N4O2. The second-order valence-corrected chi connectivity index (χ2v) is 9.35. The molecule has 6 nitrogen and oxygen atoms in total. The van der Waals surface area contributed by atoms with Crippen LogP contribution in [-0.4, -0.2) is 41.2 Å². The first-order valence-corrected chi connectivity index (χ1v) is 10.8. The predicted molar refractivity (Wildman–Crippen MR) is 111 cm³/mol. The van der Waals surface area contributed by atoms with Gasteiger partial charge in [0.1, 0.15) is 0 Å². The smallest absolute Gasteiger partial charge is 0.225 e. The van der Waals surface area contributed by atoms with Gasteiger partial charge in [-0.2, -0.15) is 0 Å². The van der Waals surface area contributed by atoms with Gasteiger partial charge in [0.25, 0.3) is 0 Å². The number of morpholine rings is 1. The minimum atomic E-state index is -0.0107. The summed E-state index contributed by atoms with van der Waals surface area (Å²) in [4.78, 5) is 24.6. The molecule has 1 aliphatic carbocycles. The zero-order chi connectivity index (χ0) is 20.5. The number of hydrogen-bond donors (Lipinski definition) is 1. The third kappa shape index (κ3) is 4.65. The zero-order valence-electron chi connectivity index (χ0n) is 18.3. The van der Waals surface area contributed by atoms with E-state index in [1.165, 1.54) is 0 Å². The van der Waals surface area contributed by atoms with Gasteiger partial charge in [-0.3, -0.25) is 4.79 Å². The summed E-state index contributed by atoms with van der Waals surface area (Å²) in [7, 11) is 0. The summed E-state index contributed by atoms with van der Waals surface area (Å²) >= 11 is 0. The maximum absolute atomic E-state index is 12.7. The molecule has 0 bridgehead atoms. The van der Waals surface area contributed by atoms with Crippen molar-refractivity contribution < 1.29 is 9.53 Å². The topological polar surface area (TPSA) is 67.4 Å². The number of nitrogens with one attached hydrogen (secondary N) is 1. The SMILES string of the molecule is CCC(CC)C(=O)N[C@@H]1CC(C)(C)Cc2nc(N3C[C@H](C)O[C@@H](C)C3)ncc21. The van der Waals surface area contributed by atoms with E-state index in [1.54, 1.807) is 0 Å². The quantitative estimate of drug-likeness (QED) is 0.834. The van der Waals surface area contributed by atoms with Gasteiger partial charge in [-0.05, 0) is 44.9 Å². The van der Waals surface area contributed by atoms with Crippen LogP contribution in [0.5, 0.6) is 0 Å². The Kier molecular flexibility index (Phi) is 6.28. The van der Waals surface area contributed by atoms with Crippen LogP contribution in [0, 0.1) is 11.3 Å². The lowest BCUT2D eigenvalue weighted by Crippen LogP contribution is -2.46. The highest BCUT2D eigenvalue weighted by molar-refractivity contribution is 5.79. The van der Waals surface area contributed by atoms with Crippen molar-refractivity contribution in [1.29, 1.82) is 0 Å². The molecule has 6 heteroatoms. The highest BCUT2D eigenvalue weighted by atomic mass is 16.5. The number of aromatic nitrogens is 2. The summed E-state index contributed by atoms with van der Waals surface area (Å²) in [6.45, 7) is 14.5. The molecule has 1 aromatic heterocycles. The Labute approximate surface area is 169 Å². The standard InChI is InChI=1S/C22H36N4O2/c1-7-16(8-2)20(27)24-18-9-22(5,6)10-19-17(18)11-23-21(25-19)26-12-14(3)28-15(4)13-26/h11,14-16,18H,7-10,12-13H2,1-6H3,(H,24,27)/t14-,15-,18+/m0/s1. The fourth-order valence-corrected chi connectivity index (χ4v) is 4.61. The average Bonchev–Trinajstić information content (AvgIpc) is 2.60. The van der Waals surface area contributed by atoms with Crippen LogP contribution in [0.3, 0.4) is 0 Å². The molecule has 0 radical (unpaired) electrons. The monoisotopic (exact) mass is 388 g/mol. The molecule has 2 aliphatic rings. The Morgan fingerprint density at radius 2 is 1.93 bits per heavy atom. The molecule has 3 rings (SSSR count). The van der Waals surface area contributed by atoms with Crippen molar-refractivity contribution in [3.8, 4) is 0 Å². The van der Waals surface area contributed by atoms with Crippen molar-refractivity contribution in [3.63, 3.8) is 0 Å². The largest absolute Gasteiger partial charge is 0.372 e. The van der Waals surface area contributed by atoms with Gasteiger partial charge in [-0.1, -0.05) is 27.7 Å². The summed E-state index contributed by atoms with van der Waals surface area (Å²) in [5.74, 6) is 1.01. The van der Waals surface area contributed by atoms with E-state index in [1.807, 2.05) is 6.20 Å². The lowest BCUT2D eigenvalue weighted by atomic mass is 9.74. The number of carbonyl (C=O) groups excluding carboxylic acids is 1. The van der Waals surface area contributed by atoms with Crippen LogP contribution in [0.15, 0.2) is 6.20 Å². The number of amides is 1. The normalized spacial score (nSPS) is 26.8. The summed E-state index contributed by atoms with van der Waals surface area (Å²) in [5, 5.41) is 3.29. The van der Waals surface area contributed by atoms with E-state index >= 15 is 0 Å². The number of hydrogen-bond acceptors (Lipinski definition) is 5. The molecule has 0 saturated carbocycles. The molecule has 3 atom stereocenters. The average molecular weight is 389 g/mol. The Bertz CT molecular complexity index is 692. The first-order chi connectivity index (χ1) is 13.2. The summed E-state index contributed by atoms with van der Waals surface area (Å²) in [6, 6.07) is -0.0107. The third-order valence-corrected chi connectivity index (χ3v) is 6.04. The second-order valence-electron chi connectivity index (χ2n) is 9.35. The fourth-order valence-electron chi connectivity index (χ4n) is 4.61. The molecule has 0 spiro atoms. The maximum Gasteiger partial charge on any atom is 0.225 e. The van der Waals surface area contributed by atoms with Gasteiger partial charge in [-0.15, -0.1) is 0 Å². The molecule has 28 heavy (non-hydrogen) atoms. The van der Waals surface area contributed by atoms with Crippen LogP contribution < -0.4 is 10.2 Å². The molecule has 1 aliphatic heterocycles. The van der Waals surface area contributed by atoms with Crippen molar-refractivity contribution in [2.75, 3.05) is 18.0 Å². The number of fused-ring (bicyclic) bond motifs is 1. The molecule has 0 aromatic carbocycles. The predicted octanol–water partition coefficient (Wildman–Crippen LogP) is 3.66. The van der Waals surface area contributed by atoms with Crippen LogP contribution in [0.1, 0.15) is 78.1 Å². The second kappa shape index (κ2) is 8.36. The molecule has 1 aromatic rings. The molecule has 1 N–H and O–H groups in total. The molecule has 156 valence electrons. The number of carbonyl (C=O) groups is 1. The van der Waals surface area contributed by atoms with Gasteiger partial charge in [0.15, 0.2) is 0 Å². The van der Waals surface area contributed by atoms with Gasteiger partial charge in [0, 0.05) is 30.8 Å². The van der Waals surface area contributed by atoms with Crippen molar-refractivity contribution in [1.82, 2.24) is 15.3 Å². The van der Waals surface area contributed by atoms with Gasteiger partial charge in [0.05, 0.1) is 23.9 Å². The van der Waals surface area contributed by atoms with Gasteiger partial charge < -0.3 is 15.0 Å². The highest BCUT2D eigenvalue weighted by Crippen LogP contribution is 2.40. The maximum atomic E-state index is 12.7. The number of anilines is 1. The molecule has 1 fully saturated rings. The molecule has 2 heterocycles. The third-order valence-electron chi connectivity index (χ3n) is 6.04. The van der Waals surface area contributed by atoms with Gasteiger partial charge in [0.2, 0.25) is 11.9 Å². The first-order valence-electron chi connectivity index (χ1n) is 10.8. The Morgan fingerprint density at radius 3 is 2.54 bits per heavy atom. The van der Waals surface area contributed by atoms with Crippen LogP contribution in [0.25, 0.3) is 0 Å². The van der Waals surface area contributed by atoms with Crippen LogP contribution in [0.2, 0.25) is 0 Å². The Morgan fingerprint density at radius 1 is 1.29 bits per heavy atom. The Hall–Kier alpha value is -1.69. The molecular weight excluding hydrogens is 352 g/mol. The fraction of sp³-hybridized carbons (Fsp3) is 0.773. The van der Waals surface area contributed by atoms with Gasteiger partial charge >= 0.3 is 0 Å². The molecule has 0 unspecified atom stereocenters. The van der Waals surface area contributed by atoms with Crippen molar-refractivity contribution >= 4 is 11.9 Å². The van der Waals surface area contributed by atoms with Gasteiger partial charge in [-0.25, -0.2) is 9.97 Å². The van der Waals surface area contributed by atoms with E-state index in [4.69, 9.17) is 9.72 Å². The summed E-state index contributed by atoms with van der Waals surface area (Å²) in [6.07, 6.45) is 5.85. The number of ether oxygens (including phenoxy) is 1. The van der Waals surface area contributed by atoms with E-state index in [9.17, 15) is 4.79 Å².